The van der Waals surface area contributed by atoms with Gasteiger partial charge in [-0.05, 0) is 56.4 Å². The van der Waals surface area contributed by atoms with Crippen molar-refractivity contribution < 1.29 is 4.79 Å². The number of carbonyl (C=O) groups excluding carboxylic acids is 1. The molecule has 178 valence electrons. The molecule has 1 aliphatic rings. The molecule has 3 N–H and O–H groups in total. The lowest BCUT2D eigenvalue weighted by molar-refractivity contribution is -0.115. The molecule has 1 aliphatic carbocycles. The predicted octanol–water partition coefficient (Wildman–Crippen LogP) is 4.43. The summed E-state index contributed by atoms with van der Waals surface area (Å²) in [6, 6.07) is 5.22. The lowest BCUT2D eigenvalue weighted by atomic mass is 10.2. The maximum atomic E-state index is 13.5. The molecule has 3 aromatic heterocycles. The molecule has 34 heavy (non-hydrogen) atoms. The van der Waals surface area contributed by atoms with E-state index in [0.29, 0.717) is 28.4 Å². The molecule has 1 atom stereocenters. The van der Waals surface area contributed by atoms with Crippen molar-refractivity contribution in [1.82, 2.24) is 19.5 Å². The number of H-pyrrole nitrogens is 2. The number of imidazole rings is 1. The molecular weight excluding hydrogens is 470 g/mol. The minimum Gasteiger partial charge on any atom is -0.325 e. The van der Waals surface area contributed by atoms with Crippen LogP contribution in [0.3, 0.4) is 0 Å². The number of nitrogens with one attached hydrogen (secondary N) is 3. The molecule has 10 heteroatoms. The highest BCUT2D eigenvalue weighted by Crippen LogP contribution is 2.36. The highest BCUT2D eigenvalue weighted by atomic mass is 32.2. The minimum atomic E-state index is -0.463. The second-order valence-corrected chi connectivity index (χ2v) is 11.1. The van der Waals surface area contributed by atoms with Crippen molar-refractivity contribution in [2.75, 3.05) is 5.32 Å². The van der Waals surface area contributed by atoms with Crippen LogP contribution >= 0.6 is 23.1 Å². The SMILES string of the molecule is CCCCCn1c(SC(C)C(=O)Nc2ccc3[nH]c(=O)[nH]c3c2)nc2sc3c(c2c1=O)CCC3. The maximum absolute atomic E-state index is 13.5. The molecule has 3 heterocycles. The lowest BCUT2D eigenvalue weighted by Crippen LogP contribution is -2.27. The first-order valence-electron chi connectivity index (χ1n) is 11.7. The highest BCUT2D eigenvalue weighted by molar-refractivity contribution is 8.00. The average molecular weight is 498 g/mol. The molecule has 0 saturated heterocycles. The van der Waals surface area contributed by atoms with E-state index < -0.39 is 5.25 Å². The lowest BCUT2D eigenvalue weighted by Gasteiger charge is -2.16. The van der Waals surface area contributed by atoms with Crippen LogP contribution in [-0.2, 0) is 24.2 Å². The molecule has 0 bridgehead atoms. The molecular formula is C24H27N5O3S2. The van der Waals surface area contributed by atoms with E-state index in [0.717, 1.165) is 48.7 Å². The first-order valence-corrected chi connectivity index (χ1v) is 13.4. The Bertz CT molecular complexity index is 1500. The van der Waals surface area contributed by atoms with Crippen LogP contribution in [0.1, 0.15) is 50.0 Å². The number of amides is 1. The topological polar surface area (TPSA) is 113 Å². The van der Waals surface area contributed by atoms with Crippen molar-refractivity contribution >= 4 is 55.9 Å². The van der Waals surface area contributed by atoms with E-state index in [4.69, 9.17) is 4.98 Å². The normalized spacial score (nSPS) is 14.1. The predicted molar refractivity (Wildman–Crippen MR) is 138 cm³/mol. The number of carbonyl (C=O) groups is 1. The number of aromatic nitrogens is 4. The van der Waals surface area contributed by atoms with Gasteiger partial charge < -0.3 is 15.3 Å². The Labute approximate surface area is 204 Å². The Morgan fingerprint density at radius 3 is 2.88 bits per heavy atom. The molecule has 5 rings (SSSR count). The van der Waals surface area contributed by atoms with E-state index in [-0.39, 0.29) is 17.2 Å². The number of aryl methyl sites for hydroxylation is 2. The summed E-state index contributed by atoms with van der Waals surface area (Å²) in [5, 5.41) is 3.83. The molecule has 0 saturated carbocycles. The maximum Gasteiger partial charge on any atom is 0.323 e. The van der Waals surface area contributed by atoms with E-state index in [9.17, 15) is 14.4 Å². The largest absolute Gasteiger partial charge is 0.325 e. The molecule has 1 unspecified atom stereocenters. The number of hydrogen-bond donors (Lipinski definition) is 3. The first kappa shape index (κ1) is 22.9. The standard InChI is InChI=1S/C24H27N5O3S2/c1-3-4-5-11-29-22(31)19-15-7-6-8-18(15)34-21(19)28-24(29)33-13(2)20(30)25-14-9-10-16-17(12-14)27-23(32)26-16/h9-10,12-13H,3-8,11H2,1-2H3,(H,25,30)(H2,26,27,32). The number of thioether (sulfide) groups is 1. The van der Waals surface area contributed by atoms with Crippen LogP contribution in [0.2, 0.25) is 0 Å². The number of benzene rings is 1. The van der Waals surface area contributed by atoms with Gasteiger partial charge in [0.2, 0.25) is 5.91 Å². The Morgan fingerprint density at radius 1 is 1.24 bits per heavy atom. The van der Waals surface area contributed by atoms with Crippen LogP contribution in [-0.4, -0.2) is 30.7 Å². The molecule has 0 radical (unpaired) electrons. The molecule has 8 nitrogen and oxygen atoms in total. The fourth-order valence-corrected chi connectivity index (χ4v) is 6.67. The van der Waals surface area contributed by atoms with Crippen molar-refractivity contribution in [2.24, 2.45) is 0 Å². The summed E-state index contributed by atoms with van der Waals surface area (Å²) in [5.74, 6) is -0.189. The van der Waals surface area contributed by atoms with Gasteiger partial charge in [0, 0.05) is 17.1 Å². The number of hydrogen-bond acceptors (Lipinski definition) is 6. The van der Waals surface area contributed by atoms with E-state index in [1.54, 1.807) is 34.1 Å². The molecule has 1 aromatic carbocycles. The van der Waals surface area contributed by atoms with Gasteiger partial charge in [0.25, 0.3) is 5.56 Å². The number of fused-ring (bicyclic) bond motifs is 4. The first-order chi connectivity index (χ1) is 16.4. The van der Waals surface area contributed by atoms with Gasteiger partial charge in [-0.15, -0.1) is 11.3 Å². The van der Waals surface area contributed by atoms with Gasteiger partial charge in [0.05, 0.1) is 21.7 Å². The Morgan fingerprint density at radius 2 is 2.06 bits per heavy atom. The van der Waals surface area contributed by atoms with E-state index in [1.165, 1.54) is 22.2 Å². The zero-order valence-electron chi connectivity index (χ0n) is 19.2. The number of nitrogens with zero attached hydrogens (tertiary/aromatic N) is 2. The molecule has 1 amide bonds. The third-order valence-corrected chi connectivity index (χ3v) is 8.49. The van der Waals surface area contributed by atoms with Crippen LogP contribution in [0.4, 0.5) is 5.69 Å². The number of rotatable bonds is 8. The van der Waals surface area contributed by atoms with Gasteiger partial charge >= 0.3 is 5.69 Å². The van der Waals surface area contributed by atoms with Crippen molar-refractivity contribution in [3.63, 3.8) is 0 Å². The van der Waals surface area contributed by atoms with Crippen molar-refractivity contribution in [3.05, 3.63) is 49.5 Å². The summed E-state index contributed by atoms with van der Waals surface area (Å²) in [6.45, 7) is 4.56. The molecule has 0 spiro atoms. The van der Waals surface area contributed by atoms with Gasteiger partial charge in [-0.1, -0.05) is 31.5 Å². The van der Waals surface area contributed by atoms with Crippen LogP contribution in [0.25, 0.3) is 21.3 Å². The van der Waals surface area contributed by atoms with E-state index in [1.807, 2.05) is 6.92 Å². The summed E-state index contributed by atoms with van der Waals surface area (Å²) in [4.78, 5) is 50.3. The Balaban J connectivity index is 1.41. The van der Waals surface area contributed by atoms with Crippen molar-refractivity contribution in [3.8, 4) is 0 Å². The third-order valence-electron chi connectivity index (χ3n) is 6.21. The average Bonchev–Trinajstić information content (AvgIpc) is 3.48. The van der Waals surface area contributed by atoms with Gasteiger partial charge in [-0.25, -0.2) is 9.78 Å². The molecule has 0 aliphatic heterocycles. The monoisotopic (exact) mass is 497 g/mol. The second kappa shape index (κ2) is 9.42. The Hall–Kier alpha value is -2.85. The van der Waals surface area contributed by atoms with Crippen molar-refractivity contribution in [1.29, 1.82) is 0 Å². The van der Waals surface area contributed by atoms with Crippen molar-refractivity contribution in [2.45, 2.75) is 69.3 Å². The smallest absolute Gasteiger partial charge is 0.323 e. The number of aromatic amines is 2. The zero-order valence-corrected chi connectivity index (χ0v) is 20.8. The summed E-state index contributed by atoms with van der Waals surface area (Å²) >= 11 is 2.94. The van der Waals surface area contributed by atoms with Crippen LogP contribution in [0.5, 0.6) is 0 Å². The number of anilines is 1. The molecule has 4 aromatic rings. The summed E-state index contributed by atoms with van der Waals surface area (Å²) in [5.41, 5.74) is 2.83. The van der Waals surface area contributed by atoms with Crippen LogP contribution in [0, 0.1) is 0 Å². The number of unbranched alkanes of at least 4 members (excludes halogenated alkanes) is 2. The van der Waals surface area contributed by atoms with E-state index in [2.05, 4.69) is 22.2 Å². The van der Waals surface area contributed by atoms with Gasteiger partial charge in [-0.2, -0.15) is 0 Å². The summed E-state index contributed by atoms with van der Waals surface area (Å²) < 4.78 is 1.77. The fraction of sp³-hybridized carbons (Fsp3) is 0.417. The Kier molecular flexibility index (Phi) is 6.35. The quantitative estimate of drug-likeness (QED) is 0.189. The van der Waals surface area contributed by atoms with E-state index >= 15 is 0 Å². The summed E-state index contributed by atoms with van der Waals surface area (Å²) in [7, 11) is 0. The molecule has 0 fully saturated rings. The third kappa shape index (κ3) is 4.32. The fourth-order valence-electron chi connectivity index (χ4n) is 4.43. The second-order valence-electron chi connectivity index (χ2n) is 8.68. The highest BCUT2D eigenvalue weighted by Gasteiger charge is 2.25. The van der Waals surface area contributed by atoms with Gasteiger partial charge in [0.15, 0.2) is 5.16 Å². The summed E-state index contributed by atoms with van der Waals surface area (Å²) in [6.07, 6.45) is 6.07. The minimum absolute atomic E-state index is 0.0254. The van der Waals surface area contributed by atoms with Crippen LogP contribution < -0.4 is 16.6 Å². The van der Waals surface area contributed by atoms with Gasteiger partial charge in [-0.3, -0.25) is 14.2 Å². The van der Waals surface area contributed by atoms with Crippen LogP contribution in [0.15, 0.2) is 32.9 Å². The zero-order chi connectivity index (χ0) is 23.8. The van der Waals surface area contributed by atoms with Gasteiger partial charge in [0.1, 0.15) is 4.83 Å². The number of thiophene rings is 1.